The fraction of sp³-hybridized carbons (Fsp3) is 0.300. The molecular weight excluding hydrogens is 218 g/mol. The molecule has 1 unspecified atom stereocenters. The summed E-state index contributed by atoms with van der Waals surface area (Å²) in [7, 11) is 0. The summed E-state index contributed by atoms with van der Waals surface area (Å²) < 4.78 is 25.6. The molecule has 6 heteroatoms. The molecule has 4 nitrogen and oxygen atoms in total. The first kappa shape index (κ1) is 12.4. The SMILES string of the molecule is CC(O)CNC(=O)c1cc(F)c(F)cc1N. The van der Waals surface area contributed by atoms with Crippen LogP contribution in [0.2, 0.25) is 0 Å². The van der Waals surface area contributed by atoms with Gasteiger partial charge in [0.2, 0.25) is 0 Å². The smallest absolute Gasteiger partial charge is 0.253 e. The van der Waals surface area contributed by atoms with E-state index in [1.54, 1.807) is 0 Å². The second-order valence-electron chi connectivity index (χ2n) is 3.41. The largest absolute Gasteiger partial charge is 0.398 e. The van der Waals surface area contributed by atoms with Crippen molar-refractivity contribution in [2.75, 3.05) is 12.3 Å². The van der Waals surface area contributed by atoms with Crippen molar-refractivity contribution < 1.29 is 18.7 Å². The van der Waals surface area contributed by atoms with Crippen molar-refractivity contribution in [1.29, 1.82) is 0 Å². The highest BCUT2D eigenvalue weighted by Gasteiger charge is 2.14. The third-order valence-electron chi connectivity index (χ3n) is 1.90. The van der Waals surface area contributed by atoms with E-state index in [2.05, 4.69) is 5.32 Å². The summed E-state index contributed by atoms with van der Waals surface area (Å²) >= 11 is 0. The lowest BCUT2D eigenvalue weighted by atomic mass is 10.1. The Balaban J connectivity index is 2.87. The number of amides is 1. The normalized spacial score (nSPS) is 12.2. The lowest BCUT2D eigenvalue weighted by Crippen LogP contribution is -2.31. The summed E-state index contributed by atoms with van der Waals surface area (Å²) in [4.78, 5) is 11.4. The van der Waals surface area contributed by atoms with Gasteiger partial charge in [-0.1, -0.05) is 0 Å². The van der Waals surface area contributed by atoms with E-state index in [1.807, 2.05) is 0 Å². The molecule has 1 rings (SSSR count). The molecule has 1 aromatic carbocycles. The number of benzene rings is 1. The van der Waals surface area contributed by atoms with E-state index in [0.29, 0.717) is 0 Å². The van der Waals surface area contributed by atoms with Crippen LogP contribution in [0.25, 0.3) is 0 Å². The van der Waals surface area contributed by atoms with Crippen LogP contribution >= 0.6 is 0 Å². The predicted molar refractivity (Wildman–Crippen MR) is 54.8 cm³/mol. The average Bonchev–Trinajstić information content (AvgIpc) is 2.20. The van der Waals surface area contributed by atoms with Crippen LogP contribution in [0, 0.1) is 11.6 Å². The van der Waals surface area contributed by atoms with E-state index in [9.17, 15) is 13.6 Å². The first-order chi connectivity index (χ1) is 7.41. The zero-order valence-corrected chi connectivity index (χ0v) is 8.63. The number of carbonyl (C=O) groups is 1. The fourth-order valence-electron chi connectivity index (χ4n) is 1.09. The third-order valence-corrected chi connectivity index (χ3v) is 1.90. The van der Waals surface area contributed by atoms with Crippen molar-refractivity contribution in [3.05, 3.63) is 29.3 Å². The Hall–Kier alpha value is -1.69. The molecule has 0 bridgehead atoms. The van der Waals surface area contributed by atoms with Gasteiger partial charge in [-0.3, -0.25) is 4.79 Å². The number of aliphatic hydroxyl groups excluding tert-OH is 1. The zero-order chi connectivity index (χ0) is 12.3. The van der Waals surface area contributed by atoms with Gasteiger partial charge >= 0.3 is 0 Å². The molecule has 0 aliphatic heterocycles. The minimum Gasteiger partial charge on any atom is -0.398 e. The number of anilines is 1. The van der Waals surface area contributed by atoms with E-state index >= 15 is 0 Å². The molecule has 0 heterocycles. The zero-order valence-electron chi connectivity index (χ0n) is 8.63. The topological polar surface area (TPSA) is 75.3 Å². The molecule has 0 aliphatic rings. The predicted octanol–water partition coefficient (Wildman–Crippen LogP) is 0.658. The summed E-state index contributed by atoms with van der Waals surface area (Å²) in [6.07, 6.45) is -0.726. The van der Waals surface area contributed by atoms with E-state index < -0.39 is 23.6 Å². The van der Waals surface area contributed by atoms with Gasteiger partial charge in [-0.05, 0) is 13.0 Å². The molecule has 4 N–H and O–H groups in total. The van der Waals surface area contributed by atoms with Gasteiger partial charge in [-0.2, -0.15) is 0 Å². The highest BCUT2D eigenvalue weighted by atomic mass is 19.2. The van der Waals surface area contributed by atoms with Crippen LogP contribution in [0.3, 0.4) is 0 Å². The fourth-order valence-corrected chi connectivity index (χ4v) is 1.09. The third kappa shape index (κ3) is 2.90. The van der Waals surface area contributed by atoms with Crippen molar-refractivity contribution in [3.8, 4) is 0 Å². The monoisotopic (exact) mass is 230 g/mol. The number of hydrogen-bond acceptors (Lipinski definition) is 3. The van der Waals surface area contributed by atoms with Crippen LogP contribution in [0.15, 0.2) is 12.1 Å². The summed E-state index contributed by atoms with van der Waals surface area (Å²) in [5, 5.41) is 11.3. The van der Waals surface area contributed by atoms with Crippen molar-refractivity contribution in [2.45, 2.75) is 13.0 Å². The molecule has 1 amide bonds. The Labute approximate surface area is 91.1 Å². The Morgan fingerprint density at radius 1 is 1.50 bits per heavy atom. The number of hydrogen-bond donors (Lipinski definition) is 3. The molecular formula is C10H12F2N2O2. The summed E-state index contributed by atoms with van der Waals surface area (Å²) in [5.41, 5.74) is 5.06. The van der Waals surface area contributed by atoms with Crippen LogP contribution < -0.4 is 11.1 Å². The van der Waals surface area contributed by atoms with Gasteiger partial charge in [0.15, 0.2) is 11.6 Å². The van der Waals surface area contributed by atoms with Gasteiger partial charge in [0, 0.05) is 18.3 Å². The first-order valence-electron chi connectivity index (χ1n) is 4.62. The van der Waals surface area contributed by atoms with Crippen molar-refractivity contribution in [2.24, 2.45) is 0 Å². The molecule has 0 aliphatic carbocycles. The Morgan fingerprint density at radius 3 is 2.62 bits per heavy atom. The van der Waals surface area contributed by atoms with Gasteiger partial charge in [-0.15, -0.1) is 0 Å². The van der Waals surface area contributed by atoms with E-state index in [1.165, 1.54) is 6.92 Å². The van der Waals surface area contributed by atoms with Crippen LogP contribution in [-0.2, 0) is 0 Å². The molecule has 0 fully saturated rings. The Morgan fingerprint density at radius 2 is 2.06 bits per heavy atom. The Kier molecular flexibility index (Phi) is 3.78. The molecule has 88 valence electrons. The maximum atomic E-state index is 12.9. The maximum Gasteiger partial charge on any atom is 0.253 e. The van der Waals surface area contributed by atoms with E-state index in [4.69, 9.17) is 10.8 Å². The van der Waals surface area contributed by atoms with Crippen LogP contribution in [0.4, 0.5) is 14.5 Å². The van der Waals surface area contributed by atoms with E-state index in [0.717, 1.165) is 12.1 Å². The number of nitrogens with one attached hydrogen (secondary N) is 1. The number of halogens is 2. The quantitative estimate of drug-likeness (QED) is 0.667. The van der Waals surface area contributed by atoms with Gasteiger partial charge in [0.25, 0.3) is 5.91 Å². The standard InChI is InChI=1S/C10H12F2N2O2/c1-5(15)4-14-10(16)6-2-7(11)8(12)3-9(6)13/h2-3,5,15H,4,13H2,1H3,(H,14,16). The van der Waals surface area contributed by atoms with Crippen molar-refractivity contribution in [1.82, 2.24) is 5.32 Å². The van der Waals surface area contributed by atoms with Crippen molar-refractivity contribution >= 4 is 11.6 Å². The summed E-state index contributed by atoms with van der Waals surface area (Å²) in [6.45, 7) is 1.49. The number of rotatable bonds is 3. The second-order valence-corrected chi connectivity index (χ2v) is 3.41. The molecule has 0 saturated carbocycles. The molecule has 16 heavy (non-hydrogen) atoms. The Bertz CT molecular complexity index is 408. The van der Waals surface area contributed by atoms with Crippen LogP contribution in [-0.4, -0.2) is 23.7 Å². The van der Waals surface area contributed by atoms with Gasteiger partial charge in [0.05, 0.1) is 11.7 Å². The number of carbonyl (C=O) groups excluding carboxylic acids is 1. The molecule has 0 radical (unpaired) electrons. The maximum absolute atomic E-state index is 12.9. The number of nitrogen functional groups attached to an aromatic ring is 1. The van der Waals surface area contributed by atoms with Gasteiger partial charge < -0.3 is 16.2 Å². The molecule has 0 aromatic heterocycles. The molecule has 1 atom stereocenters. The lowest BCUT2D eigenvalue weighted by Gasteiger charge is -2.09. The average molecular weight is 230 g/mol. The first-order valence-corrected chi connectivity index (χ1v) is 4.62. The van der Waals surface area contributed by atoms with Gasteiger partial charge in [-0.25, -0.2) is 8.78 Å². The second kappa shape index (κ2) is 4.89. The number of nitrogens with two attached hydrogens (primary N) is 1. The summed E-state index contributed by atoms with van der Waals surface area (Å²) in [6, 6.07) is 1.47. The highest BCUT2D eigenvalue weighted by Crippen LogP contribution is 2.16. The molecule has 0 saturated heterocycles. The van der Waals surface area contributed by atoms with Crippen molar-refractivity contribution in [3.63, 3.8) is 0 Å². The lowest BCUT2D eigenvalue weighted by molar-refractivity contribution is 0.0924. The highest BCUT2D eigenvalue weighted by molar-refractivity contribution is 5.99. The van der Waals surface area contributed by atoms with Crippen LogP contribution in [0.5, 0.6) is 0 Å². The summed E-state index contributed by atoms with van der Waals surface area (Å²) in [5.74, 6) is -2.90. The molecule has 1 aromatic rings. The number of aliphatic hydroxyl groups is 1. The van der Waals surface area contributed by atoms with E-state index in [-0.39, 0.29) is 17.8 Å². The minimum atomic E-state index is -1.14. The molecule has 0 spiro atoms. The van der Waals surface area contributed by atoms with Gasteiger partial charge in [0.1, 0.15) is 0 Å². The van der Waals surface area contributed by atoms with Crippen LogP contribution in [0.1, 0.15) is 17.3 Å². The minimum absolute atomic E-state index is 0.0112.